The maximum Gasteiger partial charge on any atom is 0.348 e. The molecule has 0 spiro atoms. The highest BCUT2D eigenvalue weighted by atomic mass is 16.2. The third-order valence-electron chi connectivity index (χ3n) is 4.19. The number of benzene rings is 1. The molecular formula is C19H21N5O2. The fourth-order valence-corrected chi connectivity index (χ4v) is 2.93. The van der Waals surface area contributed by atoms with Crippen LogP contribution in [-0.4, -0.2) is 32.2 Å². The molecule has 2 N–H and O–H groups in total. The van der Waals surface area contributed by atoms with Crippen LogP contribution in [0.15, 0.2) is 41.2 Å². The number of aromatic amines is 1. The van der Waals surface area contributed by atoms with Crippen molar-refractivity contribution >= 4 is 5.91 Å². The highest BCUT2D eigenvalue weighted by Gasteiger charge is 2.19. The number of hydrogen-bond donors (Lipinski definition) is 2. The zero-order chi connectivity index (χ0) is 18.7. The summed E-state index contributed by atoms with van der Waals surface area (Å²) >= 11 is 0. The Labute approximate surface area is 151 Å². The summed E-state index contributed by atoms with van der Waals surface area (Å²) in [6.07, 6.45) is 0. The van der Waals surface area contributed by atoms with Crippen molar-refractivity contribution in [3.05, 3.63) is 69.5 Å². The molecule has 2 heterocycles. The van der Waals surface area contributed by atoms with Gasteiger partial charge in [0.25, 0.3) is 5.91 Å². The number of nitrogens with one attached hydrogen (secondary N) is 2. The fraction of sp³-hybridized carbons (Fsp3) is 0.263. The molecule has 0 atom stereocenters. The summed E-state index contributed by atoms with van der Waals surface area (Å²) < 4.78 is 1.55. The standard InChI is InChI=1S/C19H21N5O2/c1-12-11-13(2)24(19(26)21-12)10-9-20-18(25)16-14(3)22-23-17(16)15-7-5-4-6-8-15/h4-8,11H,9-10H2,1-3H3,(H,20,25)(H,22,23). The van der Waals surface area contributed by atoms with Crippen LogP contribution in [-0.2, 0) is 6.54 Å². The maximum atomic E-state index is 12.7. The zero-order valence-corrected chi connectivity index (χ0v) is 15.0. The quantitative estimate of drug-likeness (QED) is 0.735. The second kappa shape index (κ2) is 7.35. The first-order chi connectivity index (χ1) is 12.5. The van der Waals surface area contributed by atoms with Gasteiger partial charge in [0.2, 0.25) is 0 Å². The Hall–Kier alpha value is -3.22. The summed E-state index contributed by atoms with van der Waals surface area (Å²) in [6.45, 7) is 6.14. The SMILES string of the molecule is Cc1cc(C)n(CCNC(=O)c2c(-c3ccccc3)n[nH]c2C)c(=O)n1. The molecule has 2 aromatic heterocycles. The number of aryl methyl sites for hydroxylation is 3. The molecule has 0 saturated heterocycles. The van der Waals surface area contributed by atoms with E-state index >= 15 is 0 Å². The number of carbonyl (C=O) groups excluding carboxylic acids is 1. The second-order valence-corrected chi connectivity index (χ2v) is 6.17. The predicted octanol–water partition coefficient (Wildman–Crippen LogP) is 1.99. The molecule has 3 aromatic rings. The summed E-state index contributed by atoms with van der Waals surface area (Å²) in [7, 11) is 0. The van der Waals surface area contributed by atoms with Crippen LogP contribution in [0.1, 0.15) is 27.4 Å². The molecule has 0 bridgehead atoms. The van der Waals surface area contributed by atoms with E-state index < -0.39 is 0 Å². The van der Waals surface area contributed by atoms with Crippen molar-refractivity contribution in [3.63, 3.8) is 0 Å². The lowest BCUT2D eigenvalue weighted by molar-refractivity contribution is 0.0952. The van der Waals surface area contributed by atoms with Crippen molar-refractivity contribution in [2.24, 2.45) is 0 Å². The third kappa shape index (κ3) is 3.56. The molecule has 0 aliphatic heterocycles. The number of nitrogens with zero attached hydrogens (tertiary/aromatic N) is 3. The minimum Gasteiger partial charge on any atom is -0.350 e. The Balaban J connectivity index is 1.74. The molecule has 1 amide bonds. The first-order valence-electron chi connectivity index (χ1n) is 8.41. The smallest absolute Gasteiger partial charge is 0.348 e. The molecule has 134 valence electrons. The van der Waals surface area contributed by atoms with E-state index in [2.05, 4.69) is 20.5 Å². The van der Waals surface area contributed by atoms with Crippen LogP contribution in [0, 0.1) is 20.8 Å². The predicted molar refractivity (Wildman–Crippen MR) is 99.1 cm³/mol. The van der Waals surface area contributed by atoms with Crippen LogP contribution in [0.25, 0.3) is 11.3 Å². The van der Waals surface area contributed by atoms with Gasteiger partial charge >= 0.3 is 5.69 Å². The van der Waals surface area contributed by atoms with Gasteiger partial charge < -0.3 is 5.32 Å². The largest absolute Gasteiger partial charge is 0.350 e. The molecule has 7 heteroatoms. The van der Waals surface area contributed by atoms with E-state index in [0.717, 1.165) is 11.3 Å². The first-order valence-corrected chi connectivity index (χ1v) is 8.41. The van der Waals surface area contributed by atoms with Gasteiger partial charge in [-0.2, -0.15) is 10.1 Å². The lowest BCUT2D eigenvalue weighted by atomic mass is 10.1. The van der Waals surface area contributed by atoms with Crippen molar-refractivity contribution in [1.82, 2.24) is 25.1 Å². The van der Waals surface area contributed by atoms with Crippen LogP contribution in [0.5, 0.6) is 0 Å². The third-order valence-corrected chi connectivity index (χ3v) is 4.19. The lowest BCUT2D eigenvalue weighted by Gasteiger charge is -2.11. The molecule has 0 unspecified atom stereocenters. The summed E-state index contributed by atoms with van der Waals surface area (Å²) in [6, 6.07) is 11.4. The van der Waals surface area contributed by atoms with Gasteiger partial charge in [0.05, 0.1) is 5.56 Å². The van der Waals surface area contributed by atoms with Crippen LogP contribution in [0.4, 0.5) is 0 Å². The monoisotopic (exact) mass is 351 g/mol. The van der Waals surface area contributed by atoms with Crippen LogP contribution >= 0.6 is 0 Å². The normalized spacial score (nSPS) is 10.7. The molecule has 1 aromatic carbocycles. The van der Waals surface area contributed by atoms with Gasteiger partial charge in [-0.05, 0) is 26.8 Å². The molecule has 26 heavy (non-hydrogen) atoms. The Morgan fingerprint density at radius 2 is 1.92 bits per heavy atom. The van der Waals surface area contributed by atoms with Gasteiger partial charge in [0.1, 0.15) is 5.69 Å². The molecular weight excluding hydrogens is 330 g/mol. The van der Waals surface area contributed by atoms with E-state index in [1.165, 1.54) is 0 Å². The summed E-state index contributed by atoms with van der Waals surface area (Å²) in [5.41, 5.74) is 3.91. The van der Waals surface area contributed by atoms with Crippen molar-refractivity contribution in [2.45, 2.75) is 27.3 Å². The van der Waals surface area contributed by atoms with E-state index in [4.69, 9.17) is 0 Å². The van der Waals surface area contributed by atoms with Crippen molar-refractivity contribution in [2.75, 3.05) is 6.54 Å². The number of rotatable bonds is 5. The Morgan fingerprint density at radius 1 is 1.19 bits per heavy atom. The van der Waals surface area contributed by atoms with Crippen LogP contribution in [0.3, 0.4) is 0 Å². The van der Waals surface area contributed by atoms with Crippen LogP contribution in [0.2, 0.25) is 0 Å². The number of carbonyl (C=O) groups is 1. The Bertz CT molecular complexity index is 989. The molecule has 0 saturated carbocycles. The molecule has 0 radical (unpaired) electrons. The van der Waals surface area contributed by atoms with Crippen molar-refractivity contribution in [3.8, 4) is 11.3 Å². The minimum absolute atomic E-state index is 0.221. The first kappa shape index (κ1) is 17.6. The zero-order valence-electron chi connectivity index (χ0n) is 15.0. The van der Waals surface area contributed by atoms with Crippen LogP contribution < -0.4 is 11.0 Å². The highest BCUT2D eigenvalue weighted by Crippen LogP contribution is 2.23. The topological polar surface area (TPSA) is 92.7 Å². The number of aromatic nitrogens is 4. The lowest BCUT2D eigenvalue weighted by Crippen LogP contribution is -2.33. The van der Waals surface area contributed by atoms with Crippen molar-refractivity contribution in [1.29, 1.82) is 0 Å². The van der Waals surface area contributed by atoms with Gasteiger partial charge in [0, 0.05) is 35.7 Å². The fourth-order valence-electron chi connectivity index (χ4n) is 2.93. The van der Waals surface area contributed by atoms with Gasteiger partial charge in [-0.25, -0.2) is 4.79 Å². The van der Waals surface area contributed by atoms with Gasteiger partial charge in [-0.15, -0.1) is 0 Å². The molecule has 0 aliphatic rings. The summed E-state index contributed by atoms with van der Waals surface area (Å²) in [4.78, 5) is 28.6. The Morgan fingerprint density at radius 3 is 2.62 bits per heavy atom. The Kier molecular flexibility index (Phi) is 4.97. The average Bonchev–Trinajstić information content (AvgIpc) is 2.99. The van der Waals surface area contributed by atoms with E-state index in [1.807, 2.05) is 50.2 Å². The molecule has 0 fully saturated rings. The number of hydrogen-bond acceptors (Lipinski definition) is 4. The second-order valence-electron chi connectivity index (χ2n) is 6.17. The highest BCUT2D eigenvalue weighted by molar-refractivity contribution is 6.01. The van der Waals surface area contributed by atoms with E-state index in [9.17, 15) is 9.59 Å². The number of amides is 1. The summed E-state index contributed by atoms with van der Waals surface area (Å²) in [5.74, 6) is -0.221. The van der Waals surface area contributed by atoms with Crippen molar-refractivity contribution < 1.29 is 4.79 Å². The maximum absolute atomic E-state index is 12.7. The van der Waals surface area contributed by atoms with E-state index in [0.29, 0.717) is 35.7 Å². The van der Waals surface area contributed by atoms with E-state index in [-0.39, 0.29) is 11.6 Å². The van der Waals surface area contributed by atoms with E-state index in [1.54, 1.807) is 11.5 Å². The summed E-state index contributed by atoms with van der Waals surface area (Å²) in [5, 5.41) is 10.0. The minimum atomic E-state index is -0.304. The average molecular weight is 351 g/mol. The molecule has 0 aliphatic carbocycles. The molecule has 3 rings (SSSR count). The van der Waals surface area contributed by atoms with Gasteiger partial charge in [-0.1, -0.05) is 30.3 Å². The number of H-pyrrole nitrogens is 1. The van der Waals surface area contributed by atoms with Gasteiger partial charge in [0.15, 0.2) is 0 Å². The molecule has 7 nitrogen and oxygen atoms in total. The van der Waals surface area contributed by atoms with Gasteiger partial charge in [-0.3, -0.25) is 14.5 Å².